The van der Waals surface area contributed by atoms with E-state index in [2.05, 4.69) is 0 Å². The summed E-state index contributed by atoms with van der Waals surface area (Å²) in [5.41, 5.74) is -0.496. The molecule has 0 aliphatic carbocycles. The lowest BCUT2D eigenvalue weighted by atomic mass is 9.99. The van der Waals surface area contributed by atoms with Crippen LogP contribution >= 0.6 is 11.6 Å². The van der Waals surface area contributed by atoms with Crippen molar-refractivity contribution in [2.75, 3.05) is 11.4 Å². The van der Waals surface area contributed by atoms with Crippen molar-refractivity contribution in [1.29, 1.82) is 0 Å². The van der Waals surface area contributed by atoms with Gasteiger partial charge in [0, 0.05) is 18.2 Å². The van der Waals surface area contributed by atoms with Gasteiger partial charge < -0.3 is 4.90 Å². The highest BCUT2D eigenvalue weighted by Crippen LogP contribution is 2.55. The van der Waals surface area contributed by atoms with Gasteiger partial charge in [0.2, 0.25) is 16.0 Å². The van der Waals surface area contributed by atoms with E-state index in [-0.39, 0.29) is 17.9 Å². The molecule has 2 aromatic rings. The van der Waals surface area contributed by atoms with Crippen LogP contribution in [0.1, 0.15) is 23.7 Å². The van der Waals surface area contributed by atoms with Crippen molar-refractivity contribution in [3.8, 4) is 0 Å². The van der Waals surface area contributed by atoms with Crippen molar-refractivity contribution in [3.63, 3.8) is 0 Å². The van der Waals surface area contributed by atoms with Gasteiger partial charge in [0.25, 0.3) is 0 Å². The van der Waals surface area contributed by atoms with Crippen LogP contribution in [0.15, 0.2) is 29.2 Å². The van der Waals surface area contributed by atoms with Crippen LogP contribution in [0.4, 0.5) is 33.3 Å². The Balaban J connectivity index is 1.93. The Morgan fingerprint density at radius 3 is 2.59 bits per heavy atom. The Morgan fingerprint density at radius 1 is 1.19 bits per heavy atom. The van der Waals surface area contributed by atoms with Gasteiger partial charge in [0.1, 0.15) is 11.6 Å². The fourth-order valence-electron chi connectivity index (χ4n) is 3.59. The third-order valence-corrected chi connectivity index (χ3v) is 7.07. The van der Waals surface area contributed by atoms with Crippen molar-refractivity contribution >= 4 is 32.8 Å². The highest BCUT2D eigenvalue weighted by atomic mass is 35.5. The number of fused-ring (bicyclic) bond motifs is 2. The standard InChI is InChI=1S/C17H11ClF5NO2S/c18-14-11(3-4-12-13(14)16(21)17(22,23)27(12,25)26)24-5-1-2-8-6-9(19)7-10(20)15(8)24/h3-4,6-7,16H,1-2,5H2. The molecule has 2 aliphatic heterocycles. The number of halogens is 6. The summed E-state index contributed by atoms with van der Waals surface area (Å²) in [6.45, 7) is 0.216. The first-order chi connectivity index (χ1) is 12.6. The minimum absolute atomic E-state index is 0.00697. The van der Waals surface area contributed by atoms with Crippen LogP contribution in [-0.2, 0) is 16.3 Å². The summed E-state index contributed by atoms with van der Waals surface area (Å²) in [7, 11) is -5.21. The van der Waals surface area contributed by atoms with Gasteiger partial charge in [-0.25, -0.2) is 21.6 Å². The minimum Gasteiger partial charge on any atom is -0.338 e. The fraction of sp³-hybridized carbons (Fsp3) is 0.294. The molecule has 2 heterocycles. The molecule has 0 N–H and O–H groups in total. The van der Waals surface area contributed by atoms with Gasteiger partial charge in [-0.3, -0.25) is 0 Å². The largest absolute Gasteiger partial charge is 0.384 e. The number of rotatable bonds is 1. The van der Waals surface area contributed by atoms with Crippen LogP contribution in [0.2, 0.25) is 5.02 Å². The molecule has 4 rings (SSSR count). The SMILES string of the molecule is O=S1(=O)c2ccc(N3CCCc4cc(F)cc(F)c43)c(Cl)c2C(F)C1(F)F. The molecule has 1 atom stereocenters. The van der Waals surface area contributed by atoms with Crippen LogP contribution in [0.25, 0.3) is 0 Å². The van der Waals surface area contributed by atoms with Gasteiger partial charge in [-0.1, -0.05) is 11.6 Å². The molecule has 0 saturated carbocycles. The normalized spacial score (nSPS) is 22.4. The molecule has 0 spiro atoms. The number of hydrogen-bond acceptors (Lipinski definition) is 3. The lowest BCUT2D eigenvalue weighted by Gasteiger charge is -2.32. The van der Waals surface area contributed by atoms with Crippen molar-refractivity contribution < 1.29 is 30.4 Å². The fourth-order valence-corrected chi connectivity index (χ4v) is 5.43. The molecular weight excluding hydrogens is 413 g/mol. The summed E-state index contributed by atoms with van der Waals surface area (Å²) in [5.74, 6) is -1.64. The average Bonchev–Trinajstić information content (AvgIpc) is 2.72. The second-order valence-corrected chi connectivity index (χ2v) is 8.76. The monoisotopic (exact) mass is 423 g/mol. The van der Waals surface area contributed by atoms with Gasteiger partial charge >= 0.3 is 5.25 Å². The molecule has 144 valence electrons. The van der Waals surface area contributed by atoms with E-state index in [0.29, 0.717) is 24.5 Å². The lowest BCUT2D eigenvalue weighted by molar-refractivity contribution is 0.0102. The molecule has 2 aliphatic rings. The summed E-state index contributed by atoms with van der Waals surface area (Å²) in [4.78, 5) is 0.442. The van der Waals surface area contributed by atoms with E-state index in [0.717, 1.165) is 18.2 Å². The predicted octanol–water partition coefficient (Wildman–Crippen LogP) is 5.09. The molecule has 1 unspecified atom stereocenters. The first-order valence-electron chi connectivity index (χ1n) is 7.91. The molecule has 0 saturated heterocycles. The summed E-state index contributed by atoms with van der Waals surface area (Å²) in [5, 5.41) is -5.16. The maximum atomic E-state index is 14.4. The van der Waals surface area contributed by atoms with E-state index in [4.69, 9.17) is 11.6 Å². The van der Waals surface area contributed by atoms with E-state index < -0.39 is 48.4 Å². The molecule has 3 nitrogen and oxygen atoms in total. The first-order valence-corrected chi connectivity index (χ1v) is 9.78. The number of alkyl halides is 3. The van der Waals surface area contributed by atoms with Crippen molar-refractivity contribution in [2.24, 2.45) is 0 Å². The van der Waals surface area contributed by atoms with Crippen LogP contribution < -0.4 is 4.90 Å². The highest BCUT2D eigenvalue weighted by Gasteiger charge is 2.62. The van der Waals surface area contributed by atoms with Crippen molar-refractivity contribution in [3.05, 3.63) is 52.0 Å². The van der Waals surface area contributed by atoms with E-state index in [1.54, 1.807) is 0 Å². The Kier molecular flexibility index (Phi) is 3.98. The quantitative estimate of drug-likeness (QED) is 0.599. The molecule has 0 aromatic heterocycles. The number of anilines is 2. The van der Waals surface area contributed by atoms with Crippen LogP contribution in [0, 0.1) is 11.6 Å². The third-order valence-electron chi connectivity index (χ3n) is 4.81. The number of sulfone groups is 1. The maximum Gasteiger partial charge on any atom is 0.384 e. The molecule has 10 heteroatoms. The second-order valence-electron chi connectivity index (χ2n) is 6.39. The summed E-state index contributed by atoms with van der Waals surface area (Å²) in [6, 6.07) is 3.80. The summed E-state index contributed by atoms with van der Waals surface area (Å²) in [6.07, 6.45) is -2.26. The molecule has 27 heavy (non-hydrogen) atoms. The number of benzene rings is 2. The van der Waals surface area contributed by atoms with Gasteiger partial charge in [-0.15, -0.1) is 0 Å². The lowest BCUT2D eigenvalue weighted by Crippen LogP contribution is -2.27. The van der Waals surface area contributed by atoms with Crippen LogP contribution in [0.5, 0.6) is 0 Å². The first kappa shape index (κ1) is 18.5. The molecule has 0 fully saturated rings. The van der Waals surface area contributed by atoms with Gasteiger partial charge in [0.15, 0.2) is 0 Å². The zero-order valence-corrected chi connectivity index (χ0v) is 15.0. The summed E-state index contributed by atoms with van der Waals surface area (Å²) < 4.78 is 93.6. The third kappa shape index (κ3) is 2.40. The minimum atomic E-state index is -5.21. The van der Waals surface area contributed by atoms with Crippen LogP contribution in [-0.4, -0.2) is 20.2 Å². The van der Waals surface area contributed by atoms with E-state index in [9.17, 15) is 30.4 Å². The maximum absolute atomic E-state index is 14.4. The van der Waals surface area contributed by atoms with Gasteiger partial charge in [0.05, 0.1) is 21.3 Å². The van der Waals surface area contributed by atoms with Gasteiger partial charge in [-0.2, -0.15) is 8.78 Å². The summed E-state index contributed by atoms with van der Waals surface area (Å²) >= 11 is 6.11. The predicted molar refractivity (Wildman–Crippen MR) is 89.1 cm³/mol. The topological polar surface area (TPSA) is 37.4 Å². The Bertz CT molecular complexity index is 1070. The van der Waals surface area contributed by atoms with E-state index in [1.165, 1.54) is 4.90 Å². The Labute approximate surface area is 156 Å². The average molecular weight is 424 g/mol. The molecular formula is C17H11ClF5NO2S. The number of nitrogens with zero attached hydrogens (tertiary/aromatic N) is 1. The highest BCUT2D eigenvalue weighted by molar-refractivity contribution is 7.92. The Morgan fingerprint density at radius 2 is 1.89 bits per heavy atom. The van der Waals surface area contributed by atoms with E-state index >= 15 is 0 Å². The smallest absolute Gasteiger partial charge is 0.338 e. The molecule has 2 aromatic carbocycles. The Hall–Kier alpha value is -1.87. The molecule has 0 amide bonds. The van der Waals surface area contributed by atoms with Crippen LogP contribution in [0.3, 0.4) is 0 Å². The molecule has 0 bridgehead atoms. The zero-order valence-electron chi connectivity index (χ0n) is 13.4. The van der Waals surface area contributed by atoms with E-state index in [1.807, 2.05) is 0 Å². The van der Waals surface area contributed by atoms with Gasteiger partial charge in [-0.05, 0) is 36.6 Å². The number of aryl methyl sites for hydroxylation is 1. The zero-order chi connectivity index (χ0) is 19.7. The molecule has 0 radical (unpaired) electrons. The van der Waals surface area contributed by atoms with Crippen molar-refractivity contribution in [2.45, 2.75) is 29.2 Å². The number of hydrogen-bond donors (Lipinski definition) is 0. The van der Waals surface area contributed by atoms with Crippen molar-refractivity contribution in [1.82, 2.24) is 0 Å². The second kappa shape index (κ2) is 5.81.